The van der Waals surface area contributed by atoms with Crippen LogP contribution < -0.4 is 4.74 Å². The van der Waals surface area contributed by atoms with E-state index in [1.54, 1.807) is 24.4 Å². The average Bonchev–Trinajstić information content (AvgIpc) is 2.93. The van der Waals surface area contributed by atoms with Crippen LogP contribution in [0.15, 0.2) is 41.5 Å². The molecule has 1 aromatic carbocycles. The number of ether oxygens (including phenoxy) is 1. The number of aryl methyl sites for hydroxylation is 1. The third-order valence-electron chi connectivity index (χ3n) is 3.31. The minimum Gasteiger partial charge on any atom is -0.507 e. The zero-order valence-electron chi connectivity index (χ0n) is 12.9. The number of aromatic hydroxyl groups is 1. The molecule has 2 aromatic rings. The van der Waals surface area contributed by atoms with E-state index in [0.717, 1.165) is 12.1 Å². The van der Waals surface area contributed by atoms with Gasteiger partial charge in [0.1, 0.15) is 17.6 Å². The van der Waals surface area contributed by atoms with E-state index in [1.807, 2.05) is 36.9 Å². The van der Waals surface area contributed by atoms with Crippen LogP contribution in [0.25, 0.3) is 0 Å². The number of rotatable bonds is 7. The summed E-state index contributed by atoms with van der Waals surface area (Å²) in [7, 11) is 1.88. The molecule has 5 heteroatoms. The van der Waals surface area contributed by atoms with Crippen LogP contribution in [-0.4, -0.2) is 34.1 Å². The molecule has 0 bridgehead atoms. The fourth-order valence-corrected chi connectivity index (χ4v) is 2.11. The summed E-state index contributed by atoms with van der Waals surface area (Å²) in [6.45, 7) is 2.89. The molecule has 0 amide bonds. The van der Waals surface area contributed by atoms with Gasteiger partial charge in [-0.15, -0.1) is 0 Å². The summed E-state index contributed by atoms with van der Waals surface area (Å²) < 4.78 is 7.31. The van der Waals surface area contributed by atoms with Crippen LogP contribution in [0.5, 0.6) is 11.5 Å². The van der Waals surface area contributed by atoms with Crippen molar-refractivity contribution in [2.75, 3.05) is 13.2 Å². The van der Waals surface area contributed by atoms with Crippen LogP contribution in [0.1, 0.15) is 30.7 Å². The molecule has 1 atom stereocenters. The zero-order valence-corrected chi connectivity index (χ0v) is 12.9. The molecule has 0 radical (unpaired) electrons. The lowest BCUT2D eigenvalue weighted by molar-refractivity contribution is 0.179. The third kappa shape index (κ3) is 4.11. The van der Waals surface area contributed by atoms with Gasteiger partial charge in [-0.2, -0.15) is 0 Å². The van der Waals surface area contributed by atoms with Crippen LogP contribution in [0.4, 0.5) is 0 Å². The molecule has 0 fully saturated rings. The summed E-state index contributed by atoms with van der Waals surface area (Å²) in [4.78, 5) is 4.20. The Morgan fingerprint density at radius 2 is 2.18 bits per heavy atom. The van der Waals surface area contributed by atoms with E-state index in [1.165, 1.54) is 0 Å². The van der Waals surface area contributed by atoms with Gasteiger partial charge >= 0.3 is 0 Å². The monoisotopic (exact) mass is 302 g/mol. The predicted octanol–water partition coefficient (Wildman–Crippen LogP) is 2.67. The standard InChI is InChI=1S/C17H22N2O3/c1-3-9-22-14-7-6-13(16(20)10-14)11-18-12-17(21)15-5-4-8-19(15)2/h4-8,10-11,17,20-21H,3,9,12H2,1-2H3. The van der Waals surface area contributed by atoms with Crippen LogP contribution in [-0.2, 0) is 7.05 Å². The smallest absolute Gasteiger partial charge is 0.128 e. The lowest BCUT2D eigenvalue weighted by Gasteiger charge is -2.09. The average molecular weight is 302 g/mol. The van der Waals surface area contributed by atoms with E-state index in [9.17, 15) is 10.2 Å². The highest BCUT2D eigenvalue weighted by Crippen LogP contribution is 2.22. The van der Waals surface area contributed by atoms with E-state index in [-0.39, 0.29) is 12.3 Å². The SMILES string of the molecule is CCCOc1ccc(C=NCC(O)c2cccn2C)c(O)c1. The molecule has 118 valence electrons. The van der Waals surface area contributed by atoms with Gasteiger partial charge in [-0.05, 0) is 30.7 Å². The van der Waals surface area contributed by atoms with Crippen molar-refractivity contribution in [2.45, 2.75) is 19.4 Å². The molecular formula is C17H22N2O3. The minimum absolute atomic E-state index is 0.116. The molecule has 0 saturated heterocycles. The summed E-state index contributed by atoms with van der Waals surface area (Å²) >= 11 is 0. The van der Waals surface area contributed by atoms with Crippen LogP contribution in [0.3, 0.4) is 0 Å². The first-order chi connectivity index (χ1) is 10.6. The lowest BCUT2D eigenvalue weighted by Crippen LogP contribution is -2.06. The van der Waals surface area contributed by atoms with Gasteiger partial charge in [0, 0.05) is 36.8 Å². The predicted molar refractivity (Wildman–Crippen MR) is 86.7 cm³/mol. The van der Waals surface area contributed by atoms with Crippen molar-refractivity contribution in [1.82, 2.24) is 4.57 Å². The molecule has 5 nitrogen and oxygen atoms in total. The molecule has 1 heterocycles. The highest BCUT2D eigenvalue weighted by Gasteiger charge is 2.09. The Kier molecular flexibility index (Phi) is 5.61. The third-order valence-corrected chi connectivity index (χ3v) is 3.31. The molecule has 0 aliphatic heterocycles. The van der Waals surface area contributed by atoms with Crippen molar-refractivity contribution in [2.24, 2.45) is 12.0 Å². The lowest BCUT2D eigenvalue weighted by atomic mass is 10.2. The molecule has 0 saturated carbocycles. The topological polar surface area (TPSA) is 67.0 Å². The zero-order chi connectivity index (χ0) is 15.9. The maximum Gasteiger partial charge on any atom is 0.128 e. The molecule has 22 heavy (non-hydrogen) atoms. The minimum atomic E-state index is -0.662. The quantitative estimate of drug-likeness (QED) is 0.773. The molecule has 0 aliphatic rings. The summed E-state index contributed by atoms with van der Waals surface area (Å²) in [6.07, 6.45) is 3.69. The van der Waals surface area contributed by atoms with E-state index < -0.39 is 6.10 Å². The van der Waals surface area contributed by atoms with E-state index >= 15 is 0 Å². The second kappa shape index (κ2) is 7.66. The molecule has 1 aromatic heterocycles. The summed E-state index contributed by atoms with van der Waals surface area (Å²) in [6, 6.07) is 8.86. The highest BCUT2D eigenvalue weighted by atomic mass is 16.5. The number of nitrogens with zero attached hydrogens (tertiary/aromatic N) is 2. The first kappa shape index (κ1) is 16.1. The fourth-order valence-electron chi connectivity index (χ4n) is 2.11. The Bertz CT molecular complexity index is 635. The van der Waals surface area contributed by atoms with E-state index in [4.69, 9.17) is 4.74 Å². The number of aromatic nitrogens is 1. The molecule has 2 N–H and O–H groups in total. The van der Waals surface area contributed by atoms with Gasteiger partial charge in [0.25, 0.3) is 0 Å². The normalized spacial score (nSPS) is 12.7. The Morgan fingerprint density at radius 1 is 1.36 bits per heavy atom. The number of phenolic OH excluding ortho intramolecular Hbond substituents is 1. The number of aliphatic hydroxyl groups is 1. The summed E-state index contributed by atoms with van der Waals surface area (Å²) in [5.74, 6) is 0.756. The molecule has 2 rings (SSSR count). The summed E-state index contributed by atoms with van der Waals surface area (Å²) in [5, 5.41) is 20.0. The Balaban J connectivity index is 1.97. The maximum absolute atomic E-state index is 10.1. The van der Waals surface area contributed by atoms with Crippen LogP contribution >= 0.6 is 0 Å². The first-order valence-corrected chi connectivity index (χ1v) is 7.36. The summed E-state index contributed by atoms with van der Waals surface area (Å²) in [5.41, 5.74) is 1.41. The van der Waals surface area contributed by atoms with Crippen molar-refractivity contribution in [1.29, 1.82) is 0 Å². The Hall–Kier alpha value is -2.27. The van der Waals surface area contributed by atoms with Gasteiger partial charge in [0.15, 0.2) is 0 Å². The Morgan fingerprint density at radius 3 is 2.82 bits per heavy atom. The van der Waals surface area contributed by atoms with Gasteiger partial charge in [0.2, 0.25) is 0 Å². The maximum atomic E-state index is 10.1. The van der Waals surface area contributed by atoms with Crippen molar-refractivity contribution >= 4 is 6.21 Å². The first-order valence-electron chi connectivity index (χ1n) is 7.36. The largest absolute Gasteiger partial charge is 0.507 e. The van der Waals surface area contributed by atoms with Crippen molar-refractivity contribution < 1.29 is 14.9 Å². The van der Waals surface area contributed by atoms with Gasteiger partial charge in [-0.3, -0.25) is 4.99 Å². The van der Waals surface area contributed by atoms with E-state index in [2.05, 4.69) is 4.99 Å². The number of hydrogen-bond donors (Lipinski definition) is 2. The van der Waals surface area contributed by atoms with Crippen molar-refractivity contribution in [3.8, 4) is 11.5 Å². The molecule has 0 aliphatic carbocycles. The van der Waals surface area contributed by atoms with Crippen LogP contribution in [0, 0.1) is 0 Å². The van der Waals surface area contributed by atoms with Gasteiger partial charge < -0.3 is 19.5 Å². The van der Waals surface area contributed by atoms with Gasteiger partial charge in [0.05, 0.1) is 13.2 Å². The number of aliphatic imine (C=N–C) groups is 1. The Labute approximate surface area is 130 Å². The van der Waals surface area contributed by atoms with Gasteiger partial charge in [-0.1, -0.05) is 6.92 Å². The number of hydrogen-bond acceptors (Lipinski definition) is 4. The number of phenols is 1. The van der Waals surface area contributed by atoms with Crippen LogP contribution in [0.2, 0.25) is 0 Å². The van der Waals surface area contributed by atoms with E-state index in [0.29, 0.717) is 17.9 Å². The molecular weight excluding hydrogens is 280 g/mol. The highest BCUT2D eigenvalue weighted by molar-refractivity contribution is 5.83. The molecule has 0 spiro atoms. The second-order valence-corrected chi connectivity index (χ2v) is 5.12. The van der Waals surface area contributed by atoms with Gasteiger partial charge in [-0.25, -0.2) is 0 Å². The second-order valence-electron chi connectivity index (χ2n) is 5.12. The number of benzene rings is 1. The molecule has 1 unspecified atom stereocenters. The fraction of sp³-hybridized carbons (Fsp3) is 0.353. The van der Waals surface area contributed by atoms with Crippen molar-refractivity contribution in [3.63, 3.8) is 0 Å². The number of aliphatic hydroxyl groups excluding tert-OH is 1. The van der Waals surface area contributed by atoms with Crippen molar-refractivity contribution in [3.05, 3.63) is 47.8 Å².